The highest BCUT2D eigenvalue weighted by atomic mass is 16.2. The average molecular weight is 381 g/mol. The van der Waals surface area contributed by atoms with Crippen molar-refractivity contribution >= 4 is 17.5 Å². The first-order valence-corrected chi connectivity index (χ1v) is 9.72. The fraction of sp³-hybridized carbons (Fsp3) is 0.429. The summed E-state index contributed by atoms with van der Waals surface area (Å²) in [7, 11) is 0. The number of aromatic nitrogens is 2. The SMILES string of the molecule is CCc1ncc2c(n1)CN(CC(=O)Nc1ccccc1C(=O)NC(C)C)CC2. The monoisotopic (exact) mass is 381 g/mol. The minimum atomic E-state index is -0.193. The number of rotatable bonds is 6. The van der Waals surface area contributed by atoms with Crippen LogP contribution in [0.1, 0.15) is 48.2 Å². The Morgan fingerprint density at radius 1 is 1.25 bits per heavy atom. The summed E-state index contributed by atoms with van der Waals surface area (Å²) >= 11 is 0. The summed E-state index contributed by atoms with van der Waals surface area (Å²) in [5, 5.41) is 5.75. The Bertz CT molecular complexity index is 866. The lowest BCUT2D eigenvalue weighted by molar-refractivity contribution is -0.117. The number of carbonyl (C=O) groups is 2. The zero-order valence-electron chi connectivity index (χ0n) is 16.7. The lowest BCUT2D eigenvalue weighted by Crippen LogP contribution is -2.38. The number of carbonyl (C=O) groups excluding carboxylic acids is 2. The number of nitrogens with zero attached hydrogens (tertiary/aromatic N) is 3. The first-order valence-electron chi connectivity index (χ1n) is 9.72. The summed E-state index contributed by atoms with van der Waals surface area (Å²) in [5.41, 5.74) is 3.15. The first kappa shape index (κ1) is 19.9. The van der Waals surface area contributed by atoms with Crippen LogP contribution in [-0.2, 0) is 24.2 Å². The summed E-state index contributed by atoms with van der Waals surface area (Å²) in [6, 6.07) is 7.09. The molecule has 7 nitrogen and oxygen atoms in total. The lowest BCUT2D eigenvalue weighted by atomic mass is 10.1. The molecule has 1 aliphatic heterocycles. The van der Waals surface area contributed by atoms with E-state index in [4.69, 9.17) is 0 Å². The van der Waals surface area contributed by atoms with Crippen molar-refractivity contribution in [3.63, 3.8) is 0 Å². The number of anilines is 1. The molecule has 0 unspecified atom stereocenters. The van der Waals surface area contributed by atoms with Crippen molar-refractivity contribution < 1.29 is 9.59 Å². The van der Waals surface area contributed by atoms with E-state index in [1.807, 2.05) is 33.0 Å². The Balaban J connectivity index is 1.64. The zero-order valence-corrected chi connectivity index (χ0v) is 16.7. The van der Waals surface area contributed by atoms with Crippen LogP contribution < -0.4 is 10.6 Å². The Kier molecular flexibility index (Phi) is 6.36. The molecule has 3 rings (SSSR count). The topological polar surface area (TPSA) is 87.2 Å². The van der Waals surface area contributed by atoms with E-state index in [1.165, 1.54) is 0 Å². The molecule has 2 amide bonds. The molecule has 7 heteroatoms. The number of aryl methyl sites for hydroxylation is 1. The van der Waals surface area contributed by atoms with Crippen molar-refractivity contribution in [3.8, 4) is 0 Å². The van der Waals surface area contributed by atoms with Gasteiger partial charge in [0.25, 0.3) is 5.91 Å². The van der Waals surface area contributed by atoms with E-state index in [0.717, 1.165) is 36.5 Å². The number of hydrogen-bond acceptors (Lipinski definition) is 5. The predicted octanol–water partition coefficient (Wildman–Crippen LogP) is 2.17. The first-order chi connectivity index (χ1) is 13.5. The standard InChI is InChI=1S/C21H27N5O2/c1-4-19-22-11-15-9-10-26(12-18(15)24-19)13-20(27)25-17-8-6-5-7-16(17)21(28)23-14(2)3/h5-8,11,14H,4,9-10,12-13H2,1-3H3,(H,23,28)(H,25,27). The van der Waals surface area contributed by atoms with Crippen molar-refractivity contribution in [2.75, 3.05) is 18.4 Å². The smallest absolute Gasteiger partial charge is 0.253 e. The Morgan fingerprint density at radius 2 is 2.04 bits per heavy atom. The molecule has 0 fully saturated rings. The molecule has 1 aromatic carbocycles. The summed E-state index contributed by atoms with van der Waals surface area (Å²) in [6.07, 6.45) is 3.53. The number of benzene rings is 1. The number of amides is 2. The summed E-state index contributed by atoms with van der Waals surface area (Å²) in [4.78, 5) is 36.0. The third-order valence-electron chi connectivity index (χ3n) is 4.62. The predicted molar refractivity (Wildman–Crippen MR) is 108 cm³/mol. The summed E-state index contributed by atoms with van der Waals surface area (Å²) in [6.45, 7) is 7.51. The van der Waals surface area contributed by atoms with Crippen molar-refractivity contribution in [2.45, 2.75) is 46.2 Å². The van der Waals surface area contributed by atoms with E-state index in [0.29, 0.717) is 17.8 Å². The lowest BCUT2D eigenvalue weighted by Gasteiger charge is -2.27. The fourth-order valence-corrected chi connectivity index (χ4v) is 3.23. The summed E-state index contributed by atoms with van der Waals surface area (Å²) in [5.74, 6) is 0.495. The molecule has 0 aliphatic carbocycles. The van der Waals surface area contributed by atoms with E-state index < -0.39 is 0 Å². The quantitative estimate of drug-likeness (QED) is 0.801. The van der Waals surface area contributed by atoms with Crippen LogP contribution in [-0.4, -0.2) is 45.8 Å². The fourth-order valence-electron chi connectivity index (χ4n) is 3.23. The molecule has 1 aliphatic rings. The maximum absolute atomic E-state index is 12.6. The van der Waals surface area contributed by atoms with E-state index >= 15 is 0 Å². The van der Waals surface area contributed by atoms with Crippen LogP contribution in [0.3, 0.4) is 0 Å². The van der Waals surface area contributed by atoms with E-state index in [1.54, 1.807) is 18.2 Å². The van der Waals surface area contributed by atoms with Crippen LogP contribution in [0.4, 0.5) is 5.69 Å². The molecule has 0 radical (unpaired) electrons. The highest BCUT2D eigenvalue weighted by Gasteiger charge is 2.21. The molecule has 0 saturated carbocycles. The molecule has 28 heavy (non-hydrogen) atoms. The van der Waals surface area contributed by atoms with Gasteiger partial charge < -0.3 is 10.6 Å². The Labute approximate surface area is 165 Å². The molecule has 0 saturated heterocycles. The van der Waals surface area contributed by atoms with Gasteiger partial charge >= 0.3 is 0 Å². The van der Waals surface area contributed by atoms with E-state index in [-0.39, 0.29) is 24.4 Å². The maximum Gasteiger partial charge on any atom is 0.253 e. The molecular formula is C21H27N5O2. The van der Waals surface area contributed by atoms with Gasteiger partial charge in [-0.25, -0.2) is 9.97 Å². The van der Waals surface area contributed by atoms with Crippen molar-refractivity contribution in [1.82, 2.24) is 20.2 Å². The van der Waals surface area contributed by atoms with E-state index in [9.17, 15) is 9.59 Å². The maximum atomic E-state index is 12.6. The molecule has 2 N–H and O–H groups in total. The highest BCUT2D eigenvalue weighted by molar-refractivity contribution is 6.04. The Morgan fingerprint density at radius 3 is 2.79 bits per heavy atom. The van der Waals surface area contributed by atoms with Gasteiger partial charge in [-0.15, -0.1) is 0 Å². The van der Waals surface area contributed by atoms with Gasteiger partial charge in [0.2, 0.25) is 5.91 Å². The van der Waals surface area contributed by atoms with Crippen LogP contribution in [0, 0.1) is 0 Å². The zero-order chi connectivity index (χ0) is 20.1. The van der Waals surface area contributed by atoms with Crippen LogP contribution in [0.5, 0.6) is 0 Å². The van der Waals surface area contributed by atoms with Gasteiger partial charge in [-0.3, -0.25) is 14.5 Å². The molecule has 0 atom stereocenters. The van der Waals surface area contributed by atoms with Gasteiger partial charge in [-0.1, -0.05) is 19.1 Å². The van der Waals surface area contributed by atoms with Crippen molar-refractivity contribution in [2.24, 2.45) is 0 Å². The second-order valence-electron chi connectivity index (χ2n) is 7.29. The van der Waals surface area contributed by atoms with E-state index in [2.05, 4.69) is 25.5 Å². The summed E-state index contributed by atoms with van der Waals surface area (Å²) < 4.78 is 0. The number of para-hydroxylation sites is 1. The number of hydrogen-bond donors (Lipinski definition) is 2. The van der Waals surface area contributed by atoms with Crippen LogP contribution in [0.2, 0.25) is 0 Å². The minimum Gasteiger partial charge on any atom is -0.350 e. The largest absolute Gasteiger partial charge is 0.350 e. The van der Waals surface area contributed by atoms with Crippen molar-refractivity contribution in [1.29, 1.82) is 0 Å². The van der Waals surface area contributed by atoms with Gasteiger partial charge in [-0.05, 0) is 38.0 Å². The molecule has 2 aromatic rings. The van der Waals surface area contributed by atoms with Gasteiger partial charge in [0.1, 0.15) is 5.82 Å². The van der Waals surface area contributed by atoms with Crippen LogP contribution in [0.25, 0.3) is 0 Å². The minimum absolute atomic E-state index is 0.0275. The molecule has 0 spiro atoms. The average Bonchev–Trinajstić information content (AvgIpc) is 2.67. The second-order valence-corrected chi connectivity index (χ2v) is 7.29. The number of nitrogens with one attached hydrogen (secondary N) is 2. The Hall–Kier alpha value is -2.80. The molecule has 148 valence electrons. The van der Waals surface area contributed by atoms with Crippen molar-refractivity contribution in [3.05, 3.63) is 53.1 Å². The number of fused-ring (bicyclic) bond motifs is 1. The van der Waals surface area contributed by atoms with Crippen LogP contribution >= 0.6 is 0 Å². The van der Waals surface area contributed by atoms with Gasteiger partial charge in [0.15, 0.2) is 0 Å². The molecule has 2 heterocycles. The molecule has 1 aromatic heterocycles. The van der Waals surface area contributed by atoms with Gasteiger partial charge in [-0.2, -0.15) is 0 Å². The normalized spacial score (nSPS) is 13.9. The third-order valence-corrected chi connectivity index (χ3v) is 4.62. The molecule has 0 bridgehead atoms. The molecular weight excluding hydrogens is 354 g/mol. The highest BCUT2D eigenvalue weighted by Crippen LogP contribution is 2.18. The van der Waals surface area contributed by atoms with Gasteiger partial charge in [0.05, 0.1) is 23.5 Å². The van der Waals surface area contributed by atoms with Gasteiger partial charge in [0, 0.05) is 31.7 Å². The third kappa shape index (κ3) is 4.92. The van der Waals surface area contributed by atoms with Crippen LogP contribution in [0.15, 0.2) is 30.5 Å². The second kappa shape index (κ2) is 8.93.